The van der Waals surface area contributed by atoms with Crippen LogP contribution in [0.25, 0.3) is 0 Å². The monoisotopic (exact) mass is 308 g/mol. The molecule has 0 spiro atoms. The van der Waals surface area contributed by atoms with Gasteiger partial charge in [-0.15, -0.1) is 0 Å². The molecule has 2 amide bonds. The van der Waals surface area contributed by atoms with Crippen molar-refractivity contribution >= 4 is 11.8 Å². The molecular formula is C18H32N2O2. The van der Waals surface area contributed by atoms with Crippen molar-refractivity contribution in [2.75, 3.05) is 0 Å². The summed E-state index contributed by atoms with van der Waals surface area (Å²) in [5, 5.41) is 3.06. The summed E-state index contributed by atoms with van der Waals surface area (Å²) in [5.41, 5.74) is 5.39. The molecular weight excluding hydrogens is 276 g/mol. The van der Waals surface area contributed by atoms with E-state index in [1.807, 2.05) is 20.8 Å². The number of carbonyl (C=O) groups excluding carboxylic acids is 2. The number of nitrogens with one attached hydrogen (secondary N) is 1. The van der Waals surface area contributed by atoms with Crippen molar-refractivity contribution < 1.29 is 9.59 Å². The molecule has 0 saturated heterocycles. The largest absolute Gasteiger partial charge is 0.369 e. The quantitative estimate of drug-likeness (QED) is 0.723. The van der Waals surface area contributed by atoms with Gasteiger partial charge in [-0.3, -0.25) is 9.59 Å². The standard InChI is InChI=1S/C18H32N2O2/c1-18(2,3)20-17(22)15(11-13-5-4-6-13)14(16(19)21)10-9-12-7-8-12/h12-15H,4-11H2,1-3H3,(H2,19,21)(H,20,22)/t14?,15-/m1/s1. The zero-order valence-corrected chi connectivity index (χ0v) is 14.4. The molecule has 126 valence electrons. The topological polar surface area (TPSA) is 72.2 Å². The van der Waals surface area contributed by atoms with Crippen molar-refractivity contribution in [2.45, 2.75) is 77.7 Å². The van der Waals surface area contributed by atoms with Crippen LogP contribution >= 0.6 is 0 Å². The fraction of sp³-hybridized carbons (Fsp3) is 0.889. The van der Waals surface area contributed by atoms with E-state index in [2.05, 4.69) is 5.32 Å². The highest BCUT2D eigenvalue weighted by molar-refractivity contribution is 5.87. The third-order valence-corrected chi connectivity index (χ3v) is 5.08. The van der Waals surface area contributed by atoms with Gasteiger partial charge in [0.05, 0.1) is 0 Å². The second-order valence-electron chi connectivity index (χ2n) is 8.41. The van der Waals surface area contributed by atoms with Gasteiger partial charge in [0.25, 0.3) is 0 Å². The third kappa shape index (κ3) is 5.29. The molecule has 0 aromatic heterocycles. The van der Waals surface area contributed by atoms with E-state index in [1.54, 1.807) is 0 Å². The Hall–Kier alpha value is -1.06. The van der Waals surface area contributed by atoms with E-state index in [0.29, 0.717) is 5.92 Å². The Labute approximate surface area is 134 Å². The Morgan fingerprint density at radius 3 is 2.14 bits per heavy atom. The normalized spacial score (nSPS) is 21.8. The zero-order chi connectivity index (χ0) is 16.3. The number of amides is 2. The minimum atomic E-state index is -0.302. The Kier molecular flexibility index (Phi) is 5.51. The molecule has 2 atom stereocenters. The van der Waals surface area contributed by atoms with Gasteiger partial charge < -0.3 is 11.1 Å². The maximum absolute atomic E-state index is 12.7. The summed E-state index contributed by atoms with van der Waals surface area (Å²) in [6, 6.07) is 0. The molecule has 22 heavy (non-hydrogen) atoms. The molecule has 0 radical (unpaired) electrons. The fourth-order valence-electron chi connectivity index (χ4n) is 3.37. The van der Waals surface area contributed by atoms with Crippen LogP contribution in [-0.2, 0) is 9.59 Å². The maximum atomic E-state index is 12.7. The lowest BCUT2D eigenvalue weighted by Gasteiger charge is -2.34. The van der Waals surface area contributed by atoms with Crippen LogP contribution in [0.1, 0.15) is 72.1 Å². The van der Waals surface area contributed by atoms with Crippen molar-refractivity contribution in [3.8, 4) is 0 Å². The first-order chi connectivity index (χ1) is 10.3. The number of primary amides is 1. The van der Waals surface area contributed by atoms with E-state index in [1.165, 1.54) is 32.1 Å². The summed E-state index contributed by atoms with van der Waals surface area (Å²) in [6.07, 6.45) is 8.80. The van der Waals surface area contributed by atoms with Crippen LogP contribution < -0.4 is 11.1 Å². The van der Waals surface area contributed by atoms with Gasteiger partial charge >= 0.3 is 0 Å². The van der Waals surface area contributed by atoms with E-state index in [-0.39, 0.29) is 29.2 Å². The highest BCUT2D eigenvalue weighted by Crippen LogP contribution is 2.39. The van der Waals surface area contributed by atoms with Gasteiger partial charge in [-0.05, 0) is 51.9 Å². The van der Waals surface area contributed by atoms with Crippen molar-refractivity contribution in [3.63, 3.8) is 0 Å². The molecule has 4 heteroatoms. The molecule has 2 aliphatic rings. The lowest BCUT2D eigenvalue weighted by Crippen LogP contribution is -2.48. The van der Waals surface area contributed by atoms with Gasteiger partial charge in [-0.1, -0.05) is 32.1 Å². The van der Waals surface area contributed by atoms with Gasteiger partial charge in [-0.25, -0.2) is 0 Å². The minimum absolute atomic E-state index is 0.0130. The summed E-state index contributed by atoms with van der Waals surface area (Å²) in [5.74, 6) is 0.521. The smallest absolute Gasteiger partial charge is 0.224 e. The molecule has 2 rings (SSSR count). The first kappa shape index (κ1) is 17.3. The second-order valence-corrected chi connectivity index (χ2v) is 8.41. The van der Waals surface area contributed by atoms with Gasteiger partial charge in [0.2, 0.25) is 11.8 Å². The number of nitrogens with two attached hydrogens (primary N) is 1. The van der Waals surface area contributed by atoms with Crippen LogP contribution in [-0.4, -0.2) is 17.4 Å². The van der Waals surface area contributed by atoms with Crippen molar-refractivity contribution in [1.29, 1.82) is 0 Å². The minimum Gasteiger partial charge on any atom is -0.369 e. The molecule has 0 heterocycles. The van der Waals surface area contributed by atoms with Crippen LogP contribution in [0, 0.1) is 23.7 Å². The average molecular weight is 308 g/mol. The van der Waals surface area contributed by atoms with Crippen LogP contribution in [0.5, 0.6) is 0 Å². The molecule has 0 aromatic carbocycles. The number of hydrogen-bond acceptors (Lipinski definition) is 2. The van der Waals surface area contributed by atoms with E-state index in [4.69, 9.17) is 5.73 Å². The van der Waals surface area contributed by atoms with Crippen LogP contribution in [0.15, 0.2) is 0 Å². The molecule has 1 unspecified atom stereocenters. The number of hydrogen-bond donors (Lipinski definition) is 2. The molecule has 2 aliphatic carbocycles. The Morgan fingerprint density at radius 2 is 1.73 bits per heavy atom. The molecule has 0 bridgehead atoms. The Morgan fingerprint density at radius 1 is 1.09 bits per heavy atom. The predicted molar refractivity (Wildman–Crippen MR) is 88.0 cm³/mol. The molecule has 2 fully saturated rings. The summed E-state index contributed by atoms with van der Waals surface area (Å²) in [4.78, 5) is 24.7. The number of carbonyl (C=O) groups is 2. The van der Waals surface area contributed by atoms with Crippen LogP contribution in [0.2, 0.25) is 0 Å². The van der Waals surface area contributed by atoms with E-state index in [9.17, 15) is 9.59 Å². The highest BCUT2D eigenvalue weighted by atomic mass is 16.2. The molecule has 2 saturated carbocycles. The van der Waals surface area contributed by atoms with Gasteiger partial charge in [0.15, 0.2) is 0 Å². The Balaban J connectivity index is 2.03. The lowest BCUT2D eigenvalue weighted by molar-refractivity contribution is -0.135. The van der Waals surface area contributed by atoms with E-state index < -0.39 is 0 Å². The molecule has 0 aliphatic heterocycles. The Bertz CT molecular complexity index is 406. The predicted octanol–water partition coefficient (Wildman–Crippen LogP) is 3.00. The first-order valence-corrected chi connectivity index (χ1v) is 8.87. The van der Waals surface area contributed by atoms with Crippen molar-refractivity contribution in [1.82, 2.24) is 5.32 Å². The average Bonchev–Trinajstić information content (AvgIpc) is 3.11. The maximum Gasteiger partial charge on any atom is 0.224 e. The second kappa shape index (κ2) is 7.01. The molecule has 3 N–H and O–H groups in total. The fourth-order valence-corrected chi connectivity index (χ4v) is 3.37. The van der Waals surface area contributed by atoms with Gasteiger partial charge in [-0.2, -0.15) is 0 Å². The number of rotatable bonds is 8. The third-order valence-electron chi connectivity index (χ3n) is 5.08. The summed E-state index contributed by atoms with van der Waals surface area (Å²) in [6.45, 7) is 5.94. The first-order valence-electron chi connectivity index (χ1n) is 8.87. The van der Waals surface area contributed by atoms with Crippen LogP contribution in [0.3, 0.4) is 0 Å². The van der Waals surface area contributed by atoms with Crippen molar-refractivity contribution in [3.05, 3.63) is 0 Å². The van der Waals surface area contributed by atoms with E-state index >= 15 is 0 Å². The molecule has 0 aromatic rings. The summed E-state index contributed by atoms with van der Waals surface area (Å²) >= 11 is 0. The summed E-state index contributed by atoms with van der Waals surface area (Å²) in [7, 11) is 0. The van der Waals surface area contributed by atoms with Crippen molar-refractivity contribution in [2.24, 2.45) is 29.4 Å². The SMILES string of the molecule is CC(C)(C)NC(=O)[C@H](CC1CCC1)C(CCC1CC1)C(N)=O. The van der Waals surface area contributed by atoms with Crippen LogP contribution in [0.4, 0.5) is 0 Å². The molecule has 4 nitrogen and oxygen atoms in total. The highest BCUT2D eigenvalue weighted by Gasteiger charge is 2.37. The van der Waals surface area contributed by atoms with Gasteiger partial charge in [0, 0.05) is 17.4 Å². The zero-order valence-electron chi connectivity index (χ0n) is 14.4. The lowest BCUT2D eigenvalue weighted by atomic mass is 9.73. The van der Waals surface area contributed by atoms with E-state index in [0.717, 1.165) is 25.2 Å². The van der Waals surface area contributed by atoms with Gasteiger partial charge in [0.1, 0.15) is 0 Å². The summed E-state index contributed by atoms with van der Waals surface area (Å²) < 4.78 is 0.